The molecule has 0 N–H and O–H groups in total. The molecule has 170 valence electrons. The van der Waals surface area contributed by atoms with Gasteiger partial charge in [-0.3, -0.25) is 18.9 Å². The molecule has 3 aromatic heterocycles. The normalized spacial score (nSPS) is 11.1. The zero-order valence-corrected chi connectivity index (χ0v) is 20.3. The molecule has 0 amide bonds. The fraction of sp³-hybridized carbons (Fsp3) is 0.0833. The summed E-state index contributed by atoms with van der Waals surface area (Å²) < 4.78 is 23.1. The van der Waals surface area contributed by atoms with Crippen molar-refractivity contribution in [1.29, 1.82) is 0 Å². The van der Waals surface area contributed by atoms with E-state index in [1.165, 1.54) is 39.8 Å². The lowest BCUT2D eigenvalue weighted by molar-refractivity contribution is 0.414. The number of ether oxygens (including phenoxy) is 1. The van der Waals surface area contributed by atoms with Gasteiger partial charge in [0.05, 0.1) is 18.5 Å². The van der Waals surface area contributed by atoms with E-state index in [2.05, 4.69) is 4.98 Å². The Bertz CT molecular complexity index is 1600. The molecule has 2 aromatic carbocycles. The van der Waals surface area contributed by atoms with E-state index in [4.69, 9.17) is 21.9 Å². The van der Waals surface area contributed by atoms with Gasteiger partial charge in [0, 0.05) is 24.2 Å². The highest BCUT2D eigenvalue weighted by Gasteiger charge is 2.19. The Morgan fingerprint density at radius 2 is 1.91 bits per heavy atom. The van der Waals surface area contributed by atoms with Crippen LogP contribution in [0.2, 0.25) is 0 Å². The quantitative estimate of drug-likeness (QED) is 0.164. The van der Waals surface area contributed by atoms with Crippen LogP contribution in [0.25, 0.3) is 21.7 Å². The number of pyridine rings is 1. The van der Waals surface area contributed by atoms with Gasteiger partial charge in [0.25, 0.3) is 5.56 Å². The van der Waals surface area contributed by atoms with Crippen molar-refractivity contribution in [2.24, 2.45) is 0 Å². The SMILES string of the molecule is COc1cccc(-n2c(=S)sc3c(=O)n(-c4ccc(F)cc4)c(SCc4cccnc4)nc32)c1. The molecule has 0 aliphatic rings. The number of nitrogens with zero attached hydrogens (tertiary/aromatic N) is 4. The lowest BCUT2D eigenvalue weighted by Gasteiger charge is -2.13. The summed E-state index contributed by atoms with van der Waals surface area (Å²) in [5.74, 6) is 0.844. The van der Waals surface area contributed by atoms with Crippen LogP contribution >= 0.6 is 35.3 Å². The number of fused-ring (bicyclic) bond motifs is 1. The van der Waals surface area contributed by atoms with Crippen LogP contribution in [0.5, 0.6) is 5.75 Å². The molecule has 0 bridgehead atoms. The Hall–Kier alpha value is -3.34. The summed E-state index contributed by atoms with van der Waals surface area (Å²) in [6.07, 6.45) is 3.48. The highest BCUT2D eigenvalue weighted by atomic mass is 32.2. The third-order valence-electron chi connectivity index (χ3n) is 5.06. The zero-order valence-electron chi connectivity index (χ0n) is 17.8. The average molecular weight is 509 g/mol. The molecule has 5 aromatic rings. The topological polar surface area (TPSA) is 61.9 Å². The number of benzene rings is 2. The summed E-state index contributed by atoms with van der Waals surface area (Å²) in [5, 5.41) is 0.470. The van der Waals surface area contributed by atoms with Crippen molar-refractivity contribution in [3.8, 4) is 17.1 Å². The van der Waals surface area contributed by atoms with E-state index in [9.17, 15) is 9.18 Å². The van der Waals surface area contributed by atoms with Gasteiger partial charge in [-0.2, -0.15) is 0 Å². The molecule has 0 saturated carbocycles. The Morgan fingerprint density at radius 1 is 1.09 bits per heavy atom. The summed E-state index contributed by atoms with van der Waals surface area (Å²) in [4.78, 5) is 22.7. The molecule has 0 spiro atoms. The molecule has 0 fully saturated rings. The molecule has 0 atom stereocenters. The molecule has 0 saturated heterocycles. The van der Waals surface area contributed by atoms with Gasteiger partial charge < -0.3 is 4.74 Å². The van der Waals surface area contributed by atoms with E-state index < -0.39 is 0 Å². The Morgan fingerprint density at radius 3 is 2.65 bits per heavy atom. The van der Waals surface area contributed by atoms with E-state index in [0.29, 0.717) is 36.6 Å². The highest BCUT2D eigenvalue weighted by Crippen LogP contribution is 2.29. The first-order valence-corrected chi connectivity index (χ1v) is 12.4. The van der Waals surface area contributed by atoms with Gasteiger partial charge in [-0.25, -0.2) is 9.37 Å². The summed E-state index contributed by atoms with van der Waals surface area (Å²) in [6.45, 7) is 0. The minimum atomic E-state index is -0.379. The van der Waals surface area contributed by atoms with Crippen molar-refractivity contribution in [3.05, 3.63) is 98.7 Å². The second kappa shape index (κ2) is 9.49. The van der Waals surface area contributed by atoms with Gasteiger partial charge in [-0.05, 0) is 60.2 Å². The predicted octanol–water partition coefficient (Wildman–Crippen LogP) is 5.80. The summed E-state index contributed by atoms with van der Waals surface area (Å²) >= 11 is 8.22. The van der Waals surface area contributed by atoms with Crippen LogP contribution in [0.4, 0.5) is 4.39 Å². The molecular weight excluding hydrogens is 491 g/mol. The molecule has 6 nitrogen and oxygen atoms in total. The first-order valence-electron chi connectivity index (χ1n) is 10.2. The van der Waals surface area contributed by atoms with Gasteiger partial charge in [-0.15, -0.1) is 0 Å². The molecule has 3 heterocycles. The number of hydrogen-bond acceptors (Lipinski definition) is 7. The smallest absolute Gasteiger partial charge is 0.278 e. The Balaban J connectivity index is 1.73. The lowest BCUT2D eigenvalue weighted by atomic mass is 10.3. The first kappa shape index (κ1) is 22.5. The van der Waals surface area contributed by atoms with E-state index in [0.717, 1.165) is 11.3 Å². The zero-order chi connectivity index (χ0) is 23.7. The van der Waals surface area contributed by atoms with Crippen LogP contribution in [0.15, 0.2) is 83.0 Å². The monoisotopic (exact) mass is 508 g/mol. The highest BCUT2D eigenvalue weighted by molar-refractivity contribution is 7.98. The van der Waals surface area contributed by atoms with Crippen LogP contribution in [0.1, 0.15) is 5.56 Å². The number of thiazole rings is 1. The molecular formula is C24H17FN4O2S3. The molecule has 5 rings (SSSR count). The second-order valence-corrected chi connectivity index (χ2v) is 9.81. The largest absolute Gasteiger partial charge is 0.497 e. The standard InChI is InChI=1S/C24H17FN4O2S3/c1-31-19-6-2-5-18(12-19)28-21-20(34-24(28)32)22(30)29(17-9-7-16(25)8-10-17)23(27-21)33-14-15-4-3-11-26-13-15/h2-13H,14H2,1H3. The maximum absolute atomic E-state index is 13.7. The first-order chi connectivity index (χ1) is 16.5. The number of aromatic nitrogens is 4. The minimum absolute atomic E-state index is 0.261. The molecule has 34 heavy (non-hydrogen) atoms. The predicted molar refractivity (Wildman–Crippen MR) is 136 cm³/mol. The Kier molecular flexibility index (Phi) is 6.27. The number of halogens is 1. The van der Waals surface area contributed by atoms with Crippen LogP contribution in [0, 0.1) is 9.77 Å². The Labute approximate surface area is 207 Å². The molecule has 0 unspecified atom stereocenters. The fourth-order valence-corrected chi connectivity index (χ4v) is 5.70. The molecule has 0 aliphatic carbocycles. The van der Waals surface area contributed by atoms with Crippen LogP contribution < -0.4 is 10.3 Å². The van der Waals surface area contributed by atoms with Crippen LogP contribution in [0.3, 0.4) is 0 Å². The number of thioether (sulfide) groups is 1. The van der Waals surface area contributed by atoms with Gasteiger partial charge in [0.15, 0.2) is 14.8 Å². The average Bonchev–Trinajstić information content (AvgIpc) is 3.20. The van der Waals surface area contributed by atoms with E-state index in [1.807, 2.05) is 36.4 Å². The van der Waals surface area contributed by atoms with E-state index >= 15 is 0 Å². The summed E-state index contributed by atoms with van der Waals surface area (Å²) in [5.41, 5.74) is 2.48. The molecule has 10 heteroatoms. The van der Waals surface area contributed by atoms with Gasteiger partial charge >= 0.3 is 0 Å². The third kappa shape index (κ3) is 4.27. The maximum atomic E-state index is 13.7. The van der Waals surface area contributed by atoms with Crippen LogP contribution in [-0.2, 0) is 5.75 Å². The minimum Gasteiger partial charge on any atom is -0.497 e. The summed E-state index contributed by atoms with van der Waals surface area (Å²) in [7, 11) is 1.59. The van der Waals surface area contributed by atoms with Crippen molar-refractivity contribution >= 4 is 45.7 Å². The van der Waals surface area contributed by atoms with E-state index in [-0.39, 0.29) is 11.4 Å². The van der Waals surface area contributed by atoms with Gasteiger partial charge in [0.2, 0.25) is 0 Å². The third-order valence-corrected chi connectivity index (χ3v) is 7.42. The van der Waals surface area contributed by atoms with Gasteiger partial charge in [-0.1, -0.05) is 35.2 Å². The van der Waals surface area contributed by atoms with Gasteiger partial charge in [0.1, 0.15) is 16.3 Å². The second-order valence-electron chi connectivity index (χ2n) is 7.22. The lowest BCUT2D eigenvalue weighted by Crippen LogP contribution is -2.21. The van der Waals surface area contributed by atoms with Crippen LogP contribution in [-0.4, -0.2) is 26.2 Å². The van der Waals surface area contributed by atoms with Crippen molar-refractivity contribution in [2.75, 3.05) is 7.11 Å². The molecule has 0 aliphatic heterocycles. The maximum Gasteiger partial charge on any atom is 0.278 e. The van der Waals surface area contributed by atoms with Crippen molar-refractivity contribution in [2.45, 2.75) is 10.9 Å². The van der Waals surface area contributed by atoms with Crippen molar-refractivity contribution in [1.82, 2.24) is 19.1 Å². The number of rotatable bonds is 6. The fourth-order valence-electron chi connectivity index (χ4n) is 3.46. The number of hydrogen-bond donors (Lipinski definition) is 0. The molecule has 0 radical (unpaired) electrons. The van der Waals surface area contributed by atoms with Crippen molar-refractivity contribution < 1.29 is 9.13 Å². The van der Waals surface area contributed by atoms with Crippen molar-refractivity contribution in [3.63, 3.8) is 0 Å². The summed E-state index contributed by atoms with van der Waals surface area (Å²) in [6, 6.07) is 17.0. The number of methoxy groups -OCH3 is 1. The van der Waals surface area contributed by atoms with E-state index in [1.54, 1.807) is 36.2 Å².